The van der Waals surface area contributed by atoms with Gasteiger partial charge in [-0.15, -0.1) is 10.2 Å². The lowest BCUT2D eigenvalue weighted by Gasteiger charge is -2.18. The summed E-state index contributed by atoms with van der Waals surface area (Å²) in [5.41, 5.74) is 0.377. The van der Waals surface area contributed by atoms with Crippen molar-refractivity contribution in [2.24, 2.45) is 0 Å². The van der Waals surface area contributed by atoms with Crippen LogP contribution < -0.4 is 5.32 Å². The van der Waals surface area contributed by atoms with Crippen molar-refractivity contribution in [3.63, 3.8) is 0 Å². The molecule has 1 aromatic heterocycles. The predicted octanol–water partition coefficient (Wildman–Crippen LogP) is 2.70. The minimum absolute atomic E-state index is 0.180. The van der Waals surface area contributed by atoms with E-state index in [0.717, 1.165) is 17.8 Å². The number of carbonyl (C=O) groups is 1. The van der Waals surface area contributed by atoms with E-state index in [9.17, 15) is 13.2 Å². The number of nitrogens with one attached hydrogen (secondary N) is 1. The second-order valence-corrected chi connectivity index (χ2v) is 8.73. The molecule has 3 rings (SSSR count). The predicted molar refractivity (Wildman–Crippen MR) is 96.4 cm³/mol. The molecule has 134 valence electrons. The highest BCUT2D eigenvalue weighted by molar-refractivity contribution is 7.89. The molecule has 0 radical (unpaired) electrons. The van der Waals surface area contributed by atoms with Gasteiger partial charge in [-0.25, -0.2) is 8.42 Å². The summed E-state index contributed by atoms with van der Waals surface area (Å²) < 4.78 is 26.3. The Kier molecular flexibility index (Phi) is 5.16. The Bertz CT molecular complexity index is 854. The molecule has 1 saturated carbocycles. The number of nitrogens with zero attached hydrogens (tertiary/aromatic N) is 3. The van der Waals surface area contributed by atoms with E-state index in [2.05, 4.69) is 15.5 Å². The number of hydrogen-bond donors (Lipinski definition) is 1. The number of sulfonamides is 1. The van der Waals surface area contributed by atoms with E-state index in [-0.39, 0.29) is 10.8 Å². The Morgan fingerprint density at radius 3 is 2.40 bits per heavy atom. The van der Waals surface area contributed by atoms with E-state index in [4.69, 9.17) is 0 Å². The molecule has 1 N–H and O–H groups in total. The molecule has 25 heavy (non-hydrogen) atoms. The number of aromatic nitrogens is 2. The molecule has 2 aromatic rings. The van der Waals surface area contributed by atoms with Gasteiger partial charge in [0.25, 0.3) is 5.91 Å². The lowest BCUT2D eigenvalue weighted by molar-refractivity contribution is 0.102. The zero-order valence-corrected chi connectivity index (χ0v) is 15.7. The summed E-state index contributed by atoms with van der Waals surface area (Å²) in [6.07, 6.45) is 2.26. The molecule has 1 aliphatic carbocycles. The van der Waals surface area contributed by atoms with Gasteiger partial charge in [0.15, 0.2) is 0 Å². The van der Waals surface area contributed by atoms with Crippen molar-refractivity contribution in [2.45, 2.75) is 37.5 Å². The van der Waals surface area contributed by atoms with Gasteiger partial charge in [-0.1, -0.05) is 25.2 Å². The molecular formula is C16H20N4O3S2. The Balaban J connectivity index is 1.71. The van der Waals surface area contributed by atoms with Crippen LogP contribution in [-0.4, -0.2) is 41.9 Å². The van der Waals surface area contributed by atoms with Crippen LogP contribution in [0, 0.1) is 0 Å². The Hall–Kier alpha value is -1.84. The largest absolute Gasteiger partial charge is 0.296 e. The Labute approximate surface area is 151 Å². The Morgan fingerprint density at radius 1 is 1.20 bits per heavy atom. The van der Waals surface area contributed by atoms with Crippen LogP contribution in [-0.2, 0) is 10.0 Å². The van der Waals surface area contributed by atoms with Gasteiger partial charge in [0.05, 0.1) is 4.90 Å². The van der Waals surface area contributed by atoms with Gasteiger partial charge in [-0.2, -0.15) is 4.31 Å². The molecule has 9 heteroatoms. The molecule has 1 amide bonds. The fourth-order valence-corrected chi connectivity index (χ4v) is 4.81. The van der Waals surface area contributed by atoms with Crippen LogP contribution in [0.15, 0.2) is 29.2 Å². The van der Waals surface area contributed by atoms with Crippen molar-refractivity contribution in [1.29, 1.82) is 0 Å². The third-order valence-corrected chi connectivity index (χ3v) is 7.11. The van der Waals surface area contributed by atoms with Gasteiger partial charge in [0.1, 0.15) is 5.01 Å². The highest BCUT2D eigenvalue weighted by Crippen LogP contribution is 2.42. The summed E-state index contributed by atoms with van der Waals surface area (Å²) in [4.78, 5) is 12.5. The normalized spacial score (nSPS) is 14.7. The number of anilines is 1. The van der Waals surface area contributed by atoms with Crippen LogP contribution in [0.4, 0.5) is 5.13 Å². The molecule has 7 nitrogen and oxygen atoms in total. The molecule has 0 unspecified atom stereocenters. The zero-order valence-electron chi connectivity index (χ0n) is 14.1. The summed E-state index contributed by atoms with van der Waals surface area (Å²) in [6, 6.07) is 5.93. The lowest BCUT2D eigenvalue weighted by Crippen LogP contribution is -2.30. The van der Waals surface area contributed by atoms with Crippen LogP contribution in [0.2, 0.25) is 0 Å². The Morgan fingerprint density at radius 2 is 1.84 bits per heavy atom. The third kappa shape index (κ3) is 3.88. The average molecular weight is 380 g/mol. The van der Waals surface area contributed by atoms with E-state index in [1.165, 1.54) is 39.9 Å². The van der Waals surface area contributed by atoms with Crippen molar-refractivity contribution >= 4 is 32.4 Å². The number of carbonyl (C=O) groups excluding carboxylic acids is 1. The molecule has 1 aliphatic rings. The van der Waals surface area contributed by atoms with Crippen molar-refractivity contribution in [1.82, 2.24) is 14.5 Å². The monoisotopic (exact) mass is 380 g/mol. The van der Waals surface area contributed by atoms with Crippen LogP contribution in [0.3, 0.4) is 0 Å². The van der Waals surface area contributed by atoms with Gasteiger partial charge < -0.3 is 0 Å². The molecule has 1 fully saturated rings. The van der Waals surface area contributed by atoms with Gasteiger partial charge in [0.2, 0.25) is 15.2 Å². The summed E-state index contributed by atoms with van der Waals surface area (Å²) >= 11 is 1.39. The number of amides is 1. The summed E-state index contributed by atoms with van der Waals surface area (Å²) in [5, 5.41) is 12.2. The number of benzene rings is 1. The zero-order chi connectivity index (χ0) is 18.0. The topological polar surface area (TPSA) is 92.3 Å². The fraction of sp³-hybridized carbons (Fsp3) is 0.438. The molecular weight excluding hydrogens is 360 g/mol. The highest BCUT2D eigenvalue weighted by Gasteiger charge is 2.28. The quantitative estimate of drug-likeness (QED) is 0.797. The summed E-state index contributed by atoms with van der Waals surface area (Å²) in [6.45, 7) is 4.39. The van der Waals surface area contributed by atoms with Crippen molar-refractivity contribution in [3.8, 4) is 0 Å². The van der Waals surface area contributed by atoms with E-state index in [1.54, 1.807) is 13.8 Å². The summed E-state index contributed by atoms with van der Waals surface area (Å²) in [7, 11) is -3.52. The van der Waals surface area contributed by atoms with Gasteiger partial charge in [0, 0.05) is 24.6 Å². The van der Waals surface area contributed by atoms with Gasteiger partial charge >= 0.3 is 0 Å². The maximum Gasteiger partial charge on any atom is 0.257 e. The fourth-order valence-electron chi connectivity index (χ4n) is 2.44. The van der Waals surface area contributed by atoms with Crippen LogP contribution in [0.1, 0.15) is 48.0 Å². The van der Waals surface area contributed by atoms with Gasteiger partial charge in [-0.3, -0.25) is 10.1 Å². The van der Waals surface area contributed by atoms with E-state index >= 15 is 0 Å². The van der Waals surface area contributed by atoms with E-state index in [1.807, 2.05) is 0 Å². The maximum atomic E-state index is 12.4. The first kappa shape index (κ1) is 18.0. The van der Waals surface area contributed by atoms with Crippen LogP contribution in [0.5, 0.6) is 0 Å². The smallest absolute Gasteiger partial charge is 0.257 e. The van der Waals surface area contributed by atoms with E-state index < -0.39 is 10.0 Å². The molecule has 0 aliphatic heterocycles. The molecule has 1 aromatic carbocycles. The van der Waals surface area contributed by atoms with Crippen molar-refractivity contribution < 1.29 is 13.2 Å². The molecule has 0 spiro atoms. The first-order valence-electron chi connectivity index (χ1n) is 8.20. The lowest BCUT2D eigenvalue weighted by atomic mass is 10.2. The van der Waals surface area contributed by atoms with Crippen LogP contribution in [0.25, 0.3) is 0 Å². The maximum absolute atomic E-state index is 12.4. The number of rotatable bonds is 7. The van der Waals surface area contributed by atoms with Crippen LogP contribution >= 0.6 is 11.3 Å². The summed E-state index contributed by atoms with van der Waals surface area (Å²) in [5.74, 6) is 0.165. The van der Waals surface area contributed by atoms with E-state index in [0.29, 0.717) is 29.7 Å². The van der Waals surface area contributed by atoms with Crippen molar-refractivity contribution in [3.05, 3.63) is 34.8 Å². The number of hydrogen-bond acceptors (Lipinski definition) is 6. The SMILES string of the molecule is CCN(CC)S(=O)(=O)c1ccc(C(=O)Nc2nnc(C3CC3)s2)cc1. The minimum atomic E-state index is -3.52. The highest BCUT2D eigenvalue weighted by atomic mass is 32.2. The third-order valence-electron chi connectivity index (χ3n) is 4.05. The molecule has 0 saturated heterocycles. The van der Waals surface area contributed by atoms with Gasteiger partial charge in [-0.05, 0) is 37.1 Å². The molecule has 0 atom stereocenters. The second-order valence-electron chi connectivity index (χ2n) is 5.79. The standard InChI is InChI=1S/C16H20N4O3S2/c1-3-20(4-2)25(22,23)13-9-7-11(8-10-13)14(21)17-16-19-18-15(24-16)12-5-6-12/h7-10,12H,3-6H2,1-2H3,(H,17,19,21). The molecule has 1 heterocycles. The first-order chi connectivity index (χ1) is 12.0. The molecule has 0 bridgehead atoms. The minimum Gasteiger partial charge on any atom is -0.296 e. The first-order valence-corrected chi connectivity index (χ1v) is 10.5. The second kappa shape index (κ2) is 7.19. The van der Waals surface area contributed by atoms with Crippen molar-refractivity contribution in [2.75, 3.05) is 18.4 Å². The average Bonchev–Trinajstić information content (AvgIpc) is 3.35.